The van der Waals surface area contributed by atoms with Crippen LogP contribution in [0.1, 0.15) is 44.5 Å². The van der Waals surface area contributed by atoms with E-state index in [-0.39, 0.29) is 0 Å². The Morgan fingerprint density at radius 1 is 0.297 bits per heavy atom. The molecule has 0 saturated heterocycles. The van der Waals surface area contributed by atoms with Crippen LogP contribution in [0.5, 0.6) is 0 Å². The fraction of sp³-hybridized carbons (Fsp3) is 0.0323. The number of benzene rings is 10. The van der Waals surface area contributed by atoms with Crippen LogP contribution in [0.3, 0.4) is 0 Å². The minimum atomic E-state index is -0.492. The molecule has 0 aliphatic heterocycles. The van der Waals surface area contributed by atoms with Crippen LogP contribution in [-0.4, -0.2) is 0 Å². The lowest BCUT2D eigenvalue weighted by molar-refractivity contribution is 0.669. The third kappa shape index (κ3) is 4.49. The molecule has 0 saturated carbocycles. The molecule has 2 nitrogen and oxygen atoms in total. The van der Waals surface area contributed by atoms with Crippen LogP contribution < -0.4 is 4.90 Å². The smallest absolute Gasteiger partial charge is 0.137 e. The molecule has 0 bridgehead atoms. The molecule has 0 unspecified atom stereocenters. The number of hydrogen-bond acceptors (Lipinski definition) is 2. The van der Waals surface area contributed by atoms with Crippen LogP contribution in [0, 0.1) is 0 Å². The summed E-state index contributed by atoms with van der Waals surface area (Å²) in [4.78, 5) is 2.49. The minimum Gasteiger partial charge on any atom is -0.456 e. The number of para-hydroxylation sites is 1. The molecule has 10 aromatic carbocycles. The van der Waals surface area contributed by atoms with Gasteiger partial charge in [-0.1, -0.05) is 194 Å². The number of nitrogens with zero attached hydrogens (tertiary/aromatic N) is 1. The number of furan rings is 1. The van der Waals surface area contributed by atoms with Crippen molar-refractivity contribution in [2.45, 2.75) is 10.8 Å². The summed E-state index contributed by atoms with van der Waals surface area (Å²) in [5.74, 6) is 0. The lowest BCUT2D eigenvalue weighted by Gasteiger charge is -2.34. The van der Waals surface area contributed by atoms with Gasteiger partial charge in [0.25, 0.3) is 0 Å². The predicted molar refractivity (Wildman–Crippen MR) is 262 cm³/mol. The van der Waals surface area contributed by atoms with E-state index in [1.165, 1.54) is 77.9 Å². The molecular formula is C62H39NO. The SMILES string of the molecule is c1ccc(C2(c3ccccc3)c3ccccc3-c3cc(N(c4ccc5c(c4)C4(c6ccccc6-c6ccccc64)c4ccccc4-5)c4cccc5oc6ccccc6c45)ccc32)cc1. The third-order valence-electron chi connectivity index (χ3n) is 14.6. The second kappa shape index (κ2) is 13.2. The topological polar surface area (TPSA) is 16.4 Å². The van der Waals surface area contributed by atoms with Gasteiger partial charge < -0.3 is 9.32 Å². The van der Waals surface area contributed by atoms with Gasteiger partial charge in [0.05, 0.1) is 21.9 Å². The summed E-state index contributed by atoms with van der Waals surface area (Å²) >= 11 is 0. The van der Waals surface area contributed by atoms with Crippen molar-refractivity contribution < 1.29 is 4.42 Å². The summed E-state index contributed by atoms with van der Waals surface area (Å²) in [5.41, 5.74) is 22.1. The highest BCUT2D eigenvalue weighted by Gasteiger charge is 2.52. The van der Waals surface area contributed by atoms with Crippen LogP contribution in [0.25, 0.3) is 55.3 Å². The molecule has 0 N–H and O–H groups in total. The molecule has 2 heteroatoms. The first-order chi connectivity index (χ1) is 31.8. The van der Waals surface area contributed by atoms with Crippen LogP contribution in [0.4, 0.5) is 17.1 Å². The van der Waals surface area contributed by atoms with Crippen molar-refractivity contribution in [3.05, 3.63) is 281 Å². The van der Waals surface area contributed by atoms with E-state index >= 15 is 0 Å². The van der Waals surface area contributed by atoms with E-state index in [4.69, 9.17) is 4.42 Å². The highest BCUT2D eigenvalue weighted by molar-refractivity contribution is 6.13. The highest BCUT2D eigenvalue weighted by Crippen LogP contribution is 2.64. The first-order valence-corrected chi connectivity index (χ1v) is 22.3. The predicted octanol–water partition coefficient (Wildman–Crippen LogP) is 15.8. The largest absolute Gasteiger partial charge is 0.456 e. The summed E-state index contributed by atoms with van der Waals surface area (Å²) in [6, 6.07) is 87.6. The van der Waals surface area contributed by atoms with Crippen molar-refractivity contribution in [3.8, 4) is 33.4 Å². The molecule has 64 heavy (non-hydrogen) atoms. The van der Waals surface area contributed by atoms with Gasteiger partial charge in [-0.25, -0.2) is 0 Å². The summed E-state index contributed by atoms with van der Waals surface area (Å²) < 4.78 is 6.60. The van der Waals surface area contributed by atoms with Crippen molar-refractivity contribution in [1.29, 1.82) is 0 Å². The van der Waals surface area contributed by atoms with Crippen LogP contribution in [0.2, 0.25) is 0 Å². The Balaban J connectivity index is 1.07. The normalized spacial score (nSPS) is 14.2. The van der Waals surface area contributed by atoms with Crippen molar-refractivity contribution in [2.75, 3.05) is 4.90 Å². The van der Waals surface area contributed by atoms with Crippen molar-refractivity contribution in [3.63, 3.8) is 0 Å². The Morgan fingerprint density at radius 3 is 1.38 bits per heavy atom. The Labute approximate surface area is 372 Å². The second-order valence-corrected chi connectivity index (χ2v) is 17.5. The summed E-state index contributed by atoms with van der Waals surface area (Å²) in [6.07, 6.45) is 0. The molecule has 1 spiro atoms. The Kier molecular flexibility index (Phi) is 7.28. The number of hydrogen-bond donors (Lipinski definition) is 0. The molecule has 11 aromatic rings. The van der Waals surface area contributed by atoms with Gasteiger partial charge in [-0.05, 0) is 120 Å². The fourth-order valence-electron chi connectivity index (χ4n) is 12.2. The maximum Gasteiger partial charge on any atom is 0.137 e. The van der Waals surface area contributed by atoms with E-state index in [0.717, 1.165) is 39.0 Å². The molecule has 3 aliphatic carbocycles. The van der Waals surface area contributed by atoms with E-state index in [1.54, 1.807) is 0 Å². The Hall–Kier alpha value is -8.20. The quantitative estimate of drug-likeness (QED) is 0.172. The molecule has 0 atom stereocenters. The van der Waals surface area contributed by atoms with Crippen molar-refractivity contribution in [2.24, 2.45) is 0 Å². The average Bonchev–Trinajstić information content (AvgIpc) is 4.08. The van der Waals surface area contributed by atoms with Gasteiger partial charge in [0.15, 0.2) is 0 Å². The monoisotopic (exact) mass is 813 g/mol. The molecule has 298 valence electrons. The number of anilines is 3. The highest BCUT2D eigenvalue weighted by atomic mass is 16.3. The van der Waals surface area contributed by atoms with Gasteiger partial charge in [-0.2, -0.15) is 0 Å². The van der Waals surface area contributed by atoms with Crippen LogP contribution >= 0.6 is 0 Å². The average molecular weight is 814 g/mol. The molecule has 0 amide bonds. The first-order valence-electron chi connectivity index (χ1n) is 22.3. The van der Waals surface area contributed by atoms with Gasteiger partial charge in [0.2, 0.25) is 0 Å². The van der Waals surface area contributed by atoms with E-state index < -0.39 is 10.8 Å². The lowest BCUT2D eigenvalue weighted by Crippen LogP contribution is -2.28. The van der Waals surface area contributed by atoms with Gasteiger partial charge in [-0.15, -0.1) is 0 Å². The first kappa shape index (κ1) is 35.4. The van der Waals surface area contributed by atoms with Crippen LogP contribution in [0.15, 0.2) is 241 Å². The molecule has 0 radical (unpaired) electrons. The molecule has 0 fully saturated rings. The van der Waals surface area contributed by atoms with Crippen molar-refractivity contribution in [1.82, 2.24) is 0 Å². The maximum absolute atomic E-state index is 6.60. The summed E-state index contributed by atoms with van der Waals surface area (Å²) in [5, 5.41) is 2.19. The molecular weight excluding hydrogens is 775 g/mol. The maximum atomic E-state index is 6.60. The fourth-order valence-corrected chi connectivity index (χ4v) is 12.2. The van der Waals surface area contributed by atoms with Gasteiger partial charge in [0, 0.05) is 16.8 Å². The summed E-state index contributed by atoms with van der Waals surface area (Å²) in [6.45, 7) is 0. The zero-order valence-electron chi connectivity index (χ0n) is 34.9. The zero-order chi connectivity index (χ0) is 42.0. The Bertz CT molecular complexity index is 3590. The zero-order valence-corrected chi connectivity index (χ0v) is 34.9. The number of rotatable bonds is 5. The molecule has 3 aliphatic rings. The Morgan fingerprint density at radius 2 is 0.750 bits per heavy atom. The standard InChI is InChI=1S/C62H39NO/c1-3-18-40(19-4-1)61(41-20-5-2-6-21-41)51-27-12-10-25-47(51)50-38-42(35-37-55(50)61)63(57-31-17-33-59-60(57)49-26-11-16-32-58(49)64-59)43-34-36-48-46-24-9-15-30-54(46)62(56(48)39-43)52-28-13-7-22-44(52)45-23-8-14-29-53(45)62/h1-39H. The van der Waals surface area contributed by atoms with Gasteiger partial charge in [0.1, 0.15) is 11.2 Å². The van der Waals surface area contributed by atoms with Gasteiger partial charge in [-0.3, -0.25) is 0 Å². The number of fused-ring (bicyclic) bond motifs is 16. The van der Waals surface area contributed by atoms with E-state index in [9.17, 15) is 0 Å². The van der Waals surface area contributed by atoms with E-state index in [1.807, 2.05) is 0 Å². The second-order valence-electron chi connectivity index (χ2n) is 17.5. The minimum absolute atomic E-state index is 0.475. The van der Waals surface area contributed by atoms with Crippen molar-refractivity contribution >= 4 is 39.0 Å². The van der Waals surface area contributed by atoms with E-state index in [0.29, 0.717) is 0 Å². The third-order valence-corrected chi connectivity index (χ3v) is 14.6. The molecule has 14 rings (SSSR count). The lowest BCUT2D eigenvalue weighted by atomic mass is 9.68. The van der Waals surface area contributed by atoms with E-state index in [2.05, 4.69) is 241 Å². The van der Waals surface area contributed by atoms with Crippen LogP contribution in [-0.2, 0) is 10.8 Å². The summed E-state index contributed by atoms with van der Waals surface area (Å²) in [7, 11) is 0. The molecule has 1 aromatic heterocycles. The van der Waals surface area contributed by atoms with Gasteiger partial charge >= 0.3 is 0 Å². The molecule has 1 heterocycles.